The highest BCUT2D eigenvalue weighted by Gasteiger charge is 2.51. The van der Waals surface area contributed by atoms with Gasteiger partial charge in [-0.1, -0.05) is 45.0 Å². The lowest BCUT2D eigenvalue weighted by Crippen LogP contribution is -2.45. The molecular weight excluding hydrogens is 470 g/mol. The van der Waals surface area contributed by atoms with Gasteiger partial charge in [-0.15, -0.1) is 10.2 Å². The Morgan fingerprint density at radius 3 is 2.43 bits per heavy atom. The average molecular weight is 510 g/mol. The first-order chi connectivity index (χ1) is 16.4. The number of hydrogen-bond donors (Lipinski definition) is 0. The van der Waals surface area contributed by atoms with Crippen molar-refractivity contribution < 1.29 is 4.43 Å². The second kappa shape index (κ2) is 8.59. The number of fused-ring (bicyclic) bond motifs is 1. The molecule has 1 saturated carbocycles. The van der Waals surface area contributed by atoms with E-state index in [4.69, 9.17) is 14.6 Å². The molecule has 1 aromatic carbocycles. The fourth-order valence-corrected chi connectivity index (χ4v) is 7.11. The standard InChI is InChI=1S/C27H39N5OSSi/c1-25(2,3)35(6,7)33-18-26(4)16-23-29-30-24(32(23)14-15-34-26)27(12-13-27)21-10-8-20(9-11-21)22-17-31(5)19-28-22/h8-11,17,19H,12-16,18H2,1-7H3. The van der Waals surface area contributed by atoms with E-state index in [-0.39, 0.29) is 15.2 Å². The minimum Gasteiger partial charge on any atom is -0.415 e. The lowest BCUT2D eigenvalue weighted by molar-refractivity contribution is 0.252. The molecule has 1 atom stereocenters. The molecule has 2 aromatic heterocycles. The highest BCUT2D eigenvalue weighted by atomic mass is 32.2. The van der Waals surface area contributed by atoms with Crippen molar-refractivity contribution in [3.8, 4) is 11.3 Å². The molecular formula is C27H39N5OSSi. The third-order valence-corrected chi connectivity index (χ3v) is 14.1. The molecule has 1 aliphatic carbocycles. The van der Waals surface area contributed by atoms with E-state index >= 15 is 0 Å². The van der Waals surface area contributed by atoms with Gasteiger partial charge in [0.2, 0.25) is 0 Å². The minimum atomic E-state index is -1.79. The molecule has 1 unspecified atom stereocenters. The topological polar surface area (TPSA) is 57.8 Å². The van der Waals surface area contributed by atoms with Gasteiger partial charge in [-0.2, -0.15) is 11.8 Å². The number of rotatable bonds is 6. The Balaban J connectivity index is 1.36. The molecule has 1 fully saturated rings. The van der Waals surface area contributed by atoms with Crippen molar-refractivity contribution in [2.75, 3.05) is 12.4 Å². The summed E-state index contributed by atoms with van der Waals surface area (Å²) in [4.78, 5) is 4.49. The molecule has 3 aromatic rings. The van der Waals surface area contributed by atoms with Gasteiger partial charge >= 0.3 is 0 Å². The summed E-state index contributed by atoms with van der Waals surface area (Å²) in [5.74, 6) is 3.32. The predicted molar refractivity (Wildman–Crippen MR) is 146 cm³/mol. The fourth-order valence-electron chi connectivity index (χ4n) is 4.75. The van der Waals surface area contributed by atoms with Crippen LogP contribution >= 0.6 is 11.8 Å². The second-order valence-electron chi connectivity index (χ2n) is 12.2. The van der Waals surface area contributed by atoms with Crippen molar-refractivity contribution in [1.82, 2.24) is 24.3 Å². The lowest BCUT2D eigenvalue weighted by atomic mass is 9.93. The molecule has 0 bridgehead atoms. The van der Waals surface area contributed by atoms with Crippen LogP contribution in [0.4, 0.5) is 0 Å². The maximum Gasteiger partial charge on any atom is 0.192 e. The number of nitrogens with zero attached hydrogens (tertiary/aromatic N) is 5. The number of imidazole rings is 1. The van der Waals surface area contributed by atoms with Crippen molar-refractivity contribution >= 4 is 20.1 Å². The summed E-state index contributed by atoms with van der Waals surface area (Å²) >= 11 is 2.04. The first-order valence-corrected chi connectivity index (χ1v) is 16.6. The van der Waals surface area contributed by atoms with Crippen molar-refractivity contribution in [2.45, 2.75) is 81.8 Å². The van der Waals surface area contributed by atoms with E-state index in [2.05, 4.69) is 80.8 Å². The Hall–Kier alpha value is -1.90. The molecule has 0 N–H and O–H groups in total. The summed E-state index contributed by atoms with van der Waals surface area (Å²) in [5, 5.41) is 9.77. The molecule has 0 saturated heterocycles. The first-order valence-electron chi connectivity index (χ1n) is 12.7. The Labute approximate surface area is 215 Å². The van der Waals surface area contributed by atoms with Crippen LogP contribution in [0.2, 0.25) is 18.1 Å². The van der Waals surface area contributed by atoms with Crippen LogP contribution in [0.5, 0.6) is 0 Å². The zero-order valence-electron chi connectivity index (χ0n) is 22.3. The van der Waals surface area contributed by atoms with Crippen molar-refractivity contribution in [1.29, 1.82) is 0 Å². The summed E-state index contributed by atoms with van der Waals surface area (Å²) in [5.41, 5.74) is 3.50. The lowest BCUT2D eigenvalue weighted by Gasteiger charge is -2.39. The van der Waals surface area contributed by atoms with E-state index in [1.165, 1.54) is 5.56 Å². The smallest absolute Gasteiger partial charge is 0.192 e. The van der Waals surface area contributed by atoms with E-state index in [0.717, 1.165) is 61.1 Å². The molecule has 8 heteroatoms. The van der Waals surface area contributed by atoms with Gasteiger partial charge in [-0.25, -0.2) is 4.98 Å². The van der Waals surface area contributed by atoms with Crippen molar-refractivity contribution in [3.63, 3.8) is 0 Å². The van der Waals surface area contributed by atoms with Crippen LogP contribution in [0.1, 0.15) is 57.7 Å². The number of aryl methyl sites for hydroxylation is 1. The third kappa shape index (κ3) is 4.65. The molecule has 3 heterocycles. The average Bonchev–Trinajstić information content (AvgIpc) is 3.39. The molecule has 1 aliphatic heterocycles. The highest BCUT2D eigenvalue weighted by molar-refractivity contribution is 8.00. The molecule has 0 radical (unpaired) electrons. The second-order valence-corrected chi connectivity index (χ2v) is 18.7. The minimum absolute atomic E-state index is 0.00303. The van der Waals surface area contributed by atoms with Crippen LogP contribution in [0.3, 0.4) is 0 Å². The van der Waals surface area contributed by atoms with E-state index in [0.29, 0.717) is 0 Å². The van der Waals surface area contributed by atoms with Gasteiger partial charge in [0.05, 0.1) is 17.4 Å². The van der Waals surface area contributed by atoms with Crippen LogP contribution < -0.4 is 0 Å². The Kier molecular flexibility index (Phi) is 6.08. The summed E-state index contributed by atoms with van der Waals surface area (Å²) in [6.45, 7) is 15.7. The normalized spacial score (nSPS) is 22.0. The molecule has 0 amide bonds. The van der Waals surface area contributed by atoms with Gasteiger partial charge in [-0.05, 0) is 43.5 Å². The number of thioether (sulfide) groups is 1. The molecule has 188 valence electrons. The predicted octanol–water partition coefficient (Wildman–Crippen LogP) is 5.83. The van der Waals surface area contributed by atoms with Crippen LogP contribution in [-0.2, 0) is 29.9 Å². The molecule has 0 spiro atoms. The Bertz CT molecular complexity index is 1210. The maximum absolute atomic E-state index is 6.67. The zero-order chi connectivity index (χ0) is 25.1. The maximum atomic E-state index is 6.67. The van der Waals surface area contributed by atoms with Gasteiger partial charge in [0, 0.05) is 48.9 Å². The Morgan fingerprint density at radius 1 is 1.11 bits per heavy atom. The Morgan fingerprint density at radius 2 is 1.83 bits per heavy atom. The SMILES string of the molecule is Cn1cnc(-c2ccc(C3(c4nnc5n4CCSC(C)(CO[Si](C)(C)C(C)(C)C)C5)CC3)cc2)c1. The van der Waals surface area contributed by atoms with Gasteiger partial charge in [-0.3, -0.25) is 0 Å². The van der Waals surface area contributed by atoms with E-state index in [9.17, 15) is 0 Å². The summed E-state index contributed by atoms with van der Waals surface area (Å²) < 4.78 is 11.1. The van der Waals surface area contributed by atoms with Crippen molar-refractivity contribution in [2.24, 2.45) is 7.05 Å². The summed E-state index contributed by atoms with van der Waals surface area (Å²) in [6.07, 6.45) is 7.07. The van der Waals surface area contributed by atoms with Crippen LogP contribution in [-0.4, -0.2) is 49.7 Å². The first kappa shape index (κ1) is 24.8. The van der Waals surface area contributed by atoms with E-state index in [1.807, 2.05) is 29.7 Å². The highest BCUT2D eigenvalue weighted by Crippen LogP contribution is 2.53. The summed E-state index contributed by atoms with van der Waals surface area (Å²) in [7, 11) is 0.211. The molecule has 2 aliphatic rings. The van der Waals surface area contributed by atoms with E-state index in [1.54, 1.807) is 0 Å². The van der Waals surface area contributed by atoms with Gasteiger partial charge in [0.1, 0.15) is 11.6 Å². The van der Waals surface area contributed by atoms with Crippen LogP contribution in [0.15, 0.2) is 36.8 Å². The zero-order valence-corrected chi connectivity index (χ0v) is 24.1. The number of hydrogen-bond acceptors (Lipinski definition) is 5. The summed E-state index contributed by atoms with van der Waals surface area (Å²) in [6, 6.07) is 8.92. The molecule has 35 heavy (non-hydrogen) atoms. The van der Waals surface area contributed by atoms with Gasteiger partial charge in [0.25, 0.3) is 0 Å². The number of aromatic nitrogens is 5. The van der Waals surface area contributed by atoms with Gasteiger partial charge in [0.15, 0.2) is 8.32 Å². The largest absolute Gasteiger partial charge is 0.415 e. The van der Waals surface area contributed by atoms with Crippen LogP contribution in [0, 0.1) is 0 Å². The third-order valence-electron chi connectivity index (χ3n) is 8.29. The molecule has 6 nitrogen and oxygen atoms in total. The molecule has 5 rings (SSSR count). The number of benzene rings is 1. The van der Waals surface area contributed by atoms with Crippen molar-refractivity contribution in [3.05, 3.63) is 54.0 Å². The fraction of sp³-hybridized carbons (Fsp3) is 0.593. The van der Waals surface area contributed by atoms with E-state index < -0.39 is 8.32 Å². The monoisotopic (exact) mass is 509 g/mol. The van der Waals surface area contributed by atoms with Gasteiger partial charge < -0.3 is 13.6 Å². The van der Waals surface area contributed by atoms with Crippen LogP contribution in [0.25, 0.3) is 11.3 Å². The quantitative estimate of drug-likeness (QED) is 0.391.